The van der Waals surface area contributed by atoms with E-state index in [9.17, 15) is 13.2 Å². The molecule has 6 nitrogen and oxygen atoms in total. The lowest BCUT2D eigenvalue weighted by atomic mass is 10.1. The number of halogens is 1. The molecule has 2 aromatic carbocycles. The van der Waals surface area contributed by atoms with Gasteiger partial charge in [-0.1, -0.05) is 34.1 Å². The number of benzene rings is 2. The minimum atomic E-state index is -3.43. The maximum Gasteiger partial charge on any atom is 0.253 e. The molecule has 0 fully saturated rings. The Balaban J connectivity index is 1.87. The van der Waals surface area contributed by atoms with Gasteiger partial charge in [0.05, 0.1) is 23.5 Å². The average Bonchev–Trinajstić information content (AvgIpc) is 2.96. The first-order chi connectivity index (χ1) is 14.1. The number of amides is 1. The second-order valence-corrected chi connectivity index (χ2v) is 9.92. The first-order valence-corrected chi connectivity index (χ1v) is 12.1. The van der Waals surface area contributed by atoms with Crippen LogP contribution in [0.1, 0.15) is 40.3 Å². The number of sulfonamides is 1. The average molecular weight is 490 g/mol. The Labute approximate surface area is 185 Å². The molecule has 0 aliphatic rings. The summed E-state index contributed by atoms with van der Waals surface area (Å²) in [6, 6.07) is 16.4. The van der Waals surface area contributed by atoms with Gasteiger partial charge in [-0.05, 0) is 62.7 Å². The second kappa shape index (κ2) is 8.65. The largest absolute Gasteiger partial charge is 0.345 e. The Bertz CT molecular complexity index is 1180. The number of nitrogens with zero attached hydrogens (tertiary/aromatic N) is 1. The Morgan fingerprint density at radius 2 is 1.70 bits per heavy atom. The highest BCUT2D eigenvalue weighted by Crippen LogP contribution is 2.26. The molecule has 1 heterocycles. The van der Waals surface area contributed by atoms with E-state index in [4.69, 9.17) is 0 Å². The monoisotopic (exact) mass is 489 g/mol. The second-order valence-electron chi connectivity index (χ2n) is 7.25. The highest BCUT2D eigenvalue weighted by Gasteiger charge is 2.20. The third kappa shape index (κ3) is 4.94. The van der Waals surface area contributed by atoms with Crippen molar-refractivity contribution in [2.45, 2.75) is 26.8 Å². The first kappa shape index (κ1) is 22.1. The van der Waals surface area contributed by atoms with Gasteiger partial charge in [-0.15, -0.1) is 0 Å². The number of nitrogens with one attached hydrogen (secondary N) is 2. The smallest absolute Gasteiger partial charge is 0.253 e. The molecule has 0 saturated heterocycles. The van der Waals surface area contributed by atoms with Crippen LogP contribution in [0.15, 0.2) is 59.1 Å². The number of anilines is 1. The molecule has 0 spiro atoms. The topological polar surface area (TPSA) is 80.2 Å². The Morgan fingerprint density at radius 3 is 2.33 bits per heavy atom. The van der Waals surface area contributed by atoms with E-state index in [0.717, 1.165) is 27.8 Å². The summed E-state index contributed by atoms with van der Waals surface area (Å²) in [6.45, 7) is 5.70. The van der Waals surface area contributed by atoms with Crippen molar-refractivity contribution in [2.24, 2.45) is 0 Å². The molecule has 1 atom stereocenters. The van der Waals surface area contributed by atoms with Crippen LogP contribution in [0.4, 0.5) is 5.69 Å². The van der Waals surface area contributed by atoms with E-state index in [0.29, 0.717) is 16.8 Å². The molecular weight excluding hydrogens is 466 g/mol. The number of aryl methyl sites for hydroxylation is 1. The zero-order chi connectivity index (χ0) is 22.1. The summed E-state index contributed by atoms with van der Waals surface area (Å²) in [7, 11) is -3.43. The standard InChI is InChI=1S/C22H24BrN3O3S/c1-14-13-20(16(3)26(14)18-11-9-17(23)10-12-18)22(27)24-15(2)19-7-5-6-8-21(19)25-30(4,28)29/h5-13,15,25H,1-4H3,(H,24,27). The Morgan fingerprint density at radius 1 is 1.07 bits per heavy atom. The van der Waals surface area contributed by atoms with Gasteiger partial charge < -0.3 is 9.88 Å². The first-order valence-electron chi connectivity index (χ1n) is 9.39. The van der Waals surface area contributed by atoms with Gasteiger partial charge in [0.1, 0.15) is 0 Å². The third-order valence-electron chi connectivity index (χ3n) is 4.83. The predicted molar refractivity (Wildman–Crippen MR) is 124 cm³/mol. The fourth-order valence-electron chi connectivity index (χ4n) is 3.50. The molecule has 1 unspecified atom stereocenters. The number of rotatable bonds is 6. The van der Waals surface area contributed by atoms with Crippen molar-refractivity contribution in [3.05, 3.63) is 81.6 Å². The molecule has 3 rings (SSSR count). The third-order valence-corrected chi connectivity index (χ3v) is 5.95. The summed E-state index contributed by atoms with van der Waals surface area (Å²) >= 11 is 3.44. The maximum absolute atomic E-state index is 13.0. The van der Waals surface area contributed by atoms with Crippen molar-refractivity contribution < 1.29 is 13.2 Å². The van der Waals surface area contributed by atoms with Gasteiger partial charge in [0, 0.05) is 21.5 Å². The molecule has 30 heavy (non-hydrogen) atoms. The van der Waals surface area contributed by atoms with Crippen LogP contribution in [0.3, 0.4) is 0 Å². The number of para-hydroxylation sites is 1. The van der Waals surface area contributed by atoms with Gasteiger partial charge in [0.15, 0.2) is 0 Å². The number of aromatic nitrogens is 1. The molecule has 0 bridgehead atoms. The lowest BCUT2D eigenvalue weighted by Crippen LogP contribution is -2.28. The number of hydrogen-bond donors (Lipinski definition) is 2. The van der Waals surface area contributed by atoms with Crippen molar-refractivity contribution in [3.8, 4) is 5.69 Å². The van der Waals surface area contributed by atoms with Crippen molar-refractivity contribution in [2.75, 3.05) is 11.0 Å². The lowest BCUT2D eigenvalue weighted by molar-refractivity contribution is 0.0939. The SMILES string of the molecule is Cc1cc(C(=O)NC(C)c2ccccc2NS(C)(=O)=O)c(C)n1-c1ccc(Br)cc1. The number of carbonyl (C=O) groups excluding carboxylic acids is 1. The predicted octanol–water partition coefficient (Wildman–Crippen LogP) is 4.72. The van der Waals surface area contributed by atoms with Crippen LogP contribution in [-0.4, -0.2) is 25.1 Å². The zero-order valence-corrected chi connectivity index (χ0v) is 19.6. The van der Waals surface area contributed by atoms with Crippen molar-refractivity contribution >= 4 is 37.5 Å². The molecule has 8 heteroatoms. The maximum atomic E-state index is 13.0. The van der Waals surface area contributed by atoms with Gasteiger partial charge >= 0.3 is 0 Å². The molecule has 1 amide bonds. The van der Waals surface area contributed by atoms with Crippen molar-refractivity contribution in [1.82, 2.24) is 9.88 Å². The van der Waals surface area contributed by atoms with E-state index in [1.54, 1.807) is 18.2 Å². The highest BCUT2D eigenvalue weighted by atomic mass is 79.9. The van der Waals surface area contributed by atoms with Crippen LogP contribution in [0, 0.1) is 13.8 Å². The lowest BCUT2D eigenvalue weighted by Gasteiger charge is -2.18. The fraction of sp³-hybridized carbons (Fsp3) is 0.227. The quantitative estimate of drug-likeness (QED) is 0.525. The van der Waals surface area contributed by atoms with Crippen molar-refractivity contribution in [3.63, 3.8) is 0 Å². The van der Waals surface area contributed by atoms with Crippen molar-refractivity contribution in [1.29, 1.82) is 0 Å². The minimum absolute atomic E-state index is 0.215. The van der Waals surface area contributed by atoms with E-state index in [2.05, 4.69) is 26.0 Å². The van der Waals surface area contributed by atoms with E-state index < -0.39 is 16.1 Å². The zero-order valence-electron chi connectivity index (χ0n) is 17.2. The summed E-state index contributed by atoms with van der Waals surface area (Å²) in [5.41, 5.74) is 4.48. The summed E-state index contributed by atoms with van der Waals surface area (Å²) in [4.78, 5) is 13.0. The number of hydrogen-bond acceptors (Lipinski definition) is 3. The van der Waals surface area contributed by atoms with Gasteiger partial charge in [0.25, 0.3) is 5.91 Å². The van der Waals surface area contributed by atoms with Crippen LogP contribution in [0.2, 0.25) is 0 Å². The van der Waals surface area contributed by atoms with E-state index in [1.807, 2.05) is 61.7 Å². The molecule has 158 valence electrons. The Hall–Kier alpha value is -2.58. The van der Waals surface area contributed by atoms with Crippen LogP contribution >= 0.6 is 15.9 Å². The molecule has 3 aromatic rings. The Kier molecular flexibility index (Phi) is 6.38. The number of carbonyl (C=O) groups is 1. The van der Waals surface area contributed by atoms with Crippen LogP contribution in [0.5, 0.6) is 0 Å². The van der Waals surface area contributed by atoms with Gasteiger partial charge in [0.2, 0.25) is 10.0 Å². The summed E-state index contributed by atoms with van der Waals surface area (Å²) in [5, 5.41) is 2.99. The molecule has 0 aliphatic carbocycles. The molecule has 2 N–H and O–H groups in total. The normalized spacial score (nSPS) is 12.4. The highest BCUT2D eigenvalue weighted by molar-refractivity contribution is 9.10. The molecule has 0 aliphatic heterocycles. The van der Waals surface area contributed by atoms with Gasteiger partial charge in [-0.25, -0.2) is 8.42 Å². The molecule has 0 saturated carbocycles. The molecule has 1 aromatic heterocycles. The fourth-order valence-corrected chi connectivity index (χ4v) is 4.35. The summed E-state index contributed by atoms with van der Waals surface area (Å²) in [5.74, 6) is -0.215. The van der Waals surface area contributed by atoms with E-state index in [-0.39, 0.29) is 5.91 Å². The summed E-state index contributed by atoms with van der Waals surface area (Å²) in [6.07, 6.45) is 1.10. The van der Waals surface area contributed by atoms with Gasteiger partial charge in [-0.2, -0.15) is 0 Å². The van der Waals surface area contributed by atoms with Crippen LogP contribution in [-0.2, 0) is 10.0 Å². The van der Waals surface area contributed by atoms with Crippen LogP contribution in [0.25, 0.3) is 5.69 Å². The minimum Gasteiger partial charge on any atom is -0.345 e. The van der Waals surface area contributed by atoms with Gasteiger partial charge in [-0.3, -0.25) is 9.52 Å². The van der Waals surface area contributed by atoms with E-state index in [1.165, 1.54) is 0 Å². The van der Waals surface area contributed by atoms with E-state index >= 15 is 0 Å². The molecule has 0 radical (unpaired) electrons. The van der Waals surface area contributed by atoms with Crippen LogP contribution < -0.4 is 10.0 Å². The summed E-state index contributed by atoms with van der Waals surface area (Å²) < 4.78 is 28.8. The molecular formula is C22H24BrN3O3S.